The highest BCUT2D eigenvalue weighted by Gasteiger charge is 2.12. The van der Waals surface area contributed by atoms with Crippen LogP contribution in [0.3, 0.4) is 0 Å². The molecule has 2 aromatic carbocycles. The van der Waals surface area contributed by atoms with Crippen LogP contribution >= 0.6 is 11.8 Å². The summed E-state index contributed by atoms with van der Waals surface area (Å²) in [6, 6.07) is 12.9. The Balaban J connectivity index is 1.85. The summed E-state index contributed by atoms with van der Waals surface area (Å²) in [7, 11) is -3.20. The smallest absolute Gasteiger partial charge is 0.230 e. The standard InChI is InChI=1S/C20H25NO3S2/c1-14-9-15(2)11-17(10-14)12-25-13-20(22)21-16(3)18-5-7-19(8-6-18)26(4,23)24/h5-11,16H,12-13H2,1-4H3,(H,21,22)/t16-/m1/s1. The van der Waals surface area contributed by atoms with Crippen LogP contribution in [0, 0.1) is 13.8 Å². The average Bonchev–Trinajstić information content (AvgIpc) is 2.53. The van der Waals surface area contributed by atoms with Crippen molar-refractivity contribution in [3.63, 3.8) is 0 Å². The fourth-order valence-corrected chi connectivity index (χ4v) is 4.19. The average molecular weight is 392 g/mol. The first-order chi connectivity index (χ1) is 12.1. The normalized spacial score (nSPS) is 12.6. The number of sulfone groups is 1. The largest absolute Gasteiger partial charge is 0.349 e. The fraction of sp³-hybridized carbons (Fsp3) is 0.350. The SMILES string of the molecule is Cc1cc(C)cc(CSCC(=O)N[C@H](C)c2ccc(S(C)(=O)=O)cc2)c1. The molecule has 0 aliphatic carbocycles. The first kappa shape index (κ1) is 20.5. The van der Waals surface area contributed by atoms with E-state index in [0.29, 0.717) is 5.75 Å². The van der Waals surface area contributed by atoms with Crippen LogP contribution in [0.25, 0.3) is 0 Å². The van der Waals surface area contributed by atoms with Gasteiger partial charge in [0.15, 0.2) is 9.84 Å². The highest BCUT2D eigenvalue weighted by atomic mass is 32.2. The van der Waals surface area contributed by atoms with Crippen LogP contribution in [-0.2, 0) is 20.4 Å². The second-order valence-corrected chi connectivity index (χ2v) is 9.62. The van der Waals surface area contributed by atoms with Crippen molar-refractivity contribution >= 4 is 27.5 Å². The number of nitrogens with one attached hydrogen (secondary N) is 1. The van der Waals surface area contributed by atoms with E-state index in [1.165, 1.54) is 22.9 Å². The van der Waals surface area contributed by atoms with Crippen LogP contribution < -0.4 is 5.32 Å². The van der Waals surface area contributed by atoms with Crippen LogP contribution in [0.5, 0.6) is 0 Å². The quantitative estimate of drug-likeness (QED) is 0.779. The predicted molar refractivity (Wildman–Crippen MR) is 108 cm³/mol. The Morgan fingerprint density at radius 2 is 1.65 bits per heavy atom. The van der Waals surface area contributed by atoms with E-state index in [4.69, 9.17) is 0 Å². The highest BCUT2D eigenvalue weighted by Crippen LogP contribution is 2.18. The molecule has 1 amide bonds. The van der Waals surface area contributed by atoms with Gasteiger partial charge >= 0.3 is 0 Å². The van der Waals surface area contributed by atoms with Crippen molar-refractivity contribution in [2.24, 2.45) is 0 Å². The molecule has 0 unspecified atom stereocenters. The predicted octanol–water partition coefficient (Wildman–Crippen LogP) is 3.82. The summed E-state index contributed by atoms with van der Waals surface area (Å²) >= 11 is 1.58. The maximum absolute atomic E-state index is 12.1. The molecule has 0 saturated carbocycles. The van der Waals surface area contributed by atoms with Gasteiger partial charge in [-0.05, 0) is 44.0 Å². The first-order valence-corrected chi connectivity index (χ1v) is 11.4. The lowest BCUT2D eigenvalue weighted by molar-refractivity contribution is -0.119. The molecule has 1 atom stereocenters. The molecule has 0 aliphatic heterocycles. The number of carbonyl (C=O) groups is 1. The molecule has 2 rings (SSSR count). The van der Waals surface area contributed by atoms with Gasteiger partial charge in [-0.25, -0.2) is 8.42 Å². The molecule has 0 heterocycles. The van der Waals surface area contributed by atoms with E-state index >= 15 is 0 Å². The summed E-state index contributed by atoms with van der Waals surface area (Å²) < 4.78 is 23.0. The van der Waals surface area contributed by atoms with Crippen molar-refractivity contribution in [1.82, 2.24) is 5.32 Å². The summed E-state index contributed by atoms with van der Waals surface area (Å²) in [6.07, 6.45) is 1.18. The van der Waals surface area contributed by atoms with Crippen molar-refractivity contribution < 1.29 is 13.2 Å². The Hall–Kier alpha value is -1.79. The maximum Gasteiger partial charge on any atom is 0.230 e. The Morgan fingerprint density at radius 1 is 1.08 bits per heavy atom. The van der Waals surface area contributed by atoms with E-state index in [0.717, 1.165) is 11.3 Å². The third kappa shape index (κ3) is 6.18. The monoisotopic (exact) mass is 391 g/mol. The molecule has 0 spiro atoms. The molecular formula is C20H25NO3S2. The van der Waals surface area contributed by atoms with E-state index in [1.807, 2.05) is 6.92 Å². The van der Waals surface area contributed by atoms with Crippen molar-refractivity contribution in [2.75, 3.05) is 12.0 Å². The van der Waals surface area contributed by atoms with Crippen molar-refractivity contribution in [1.29, 1.82) is 0 Å². The van der Waals surface area contributed by atoms with Crippen LogP contribution in [0.4, 0.5) is 0 Å². The zero-order chi connectivity index (χ0) is 19.3. The third-order valence-corrected chi connectivity index (χ3v) is 6.10. The van der Waals surface area contributed by atoms with Gasteiger partial charge in [0, 0.05) is 12.0 Å². The van der Waals surface area contributed by atoms with E-state index in [2.05, 4.69) is 37.4 Å². The lowest BCUT2D eigenvalue weighted by Crippen LogP contribution is -2.28. The van der Waals surface area contributed by atoms with Gasteiger partial charge in [0.1, 0.15) is 0 Å². The van der Waals surface area contributed by atoms with Gasteiger partial charge in [0.2, 0.25) is 5.91 Å². The Labute approximate surface area is 160 Å². The van der Waals surface area contributed by atoms with Gasteiger partial charge < -0.3 is 5.32 Å². The third-order valence-electron chi connectivity index (χ3n) is 3.97. The molecule has 6 heteroatoms. The molecule has 0 aliphatic rings. The maximum atomic E-state index is 12.1. The molecule has 4 nitrogen and oxygen atoms in total. The number of carbonyl (C=O) groups excluding carboxylic acids is 1. The molecule has 0 aromatic heterocycles. The highest BCUT2D eigenvalue weighted by molar-refractivity contribution is 7.99. The van der Waals surface area contributed by atoms with Crippen molar-refractivity contribution in [3.8, 4) is 0 Å². The second kappa shape index (κ2) is 8.73. The molecule has 26 heavy (non-hydrogen) atoms. The minimum absolute atomic E-state index is 0.0286. The number of amides is 1. The van der Waals surface area contributed by atoms with Gasteiger partial charge in [-0.15, -0.1) is 11.8 Å². The number of hydrogen-bond acceptors (Lipinski definition) is 4. The van der Waals surface area contributed by atoms with E-state index < -0.39 is 9.84 Å². The first-order valence-electron chi connectivity index (χ1n) is 8.39. The number of aryl methyl sites for hydroxylation is 2. The number of rotatable bonds is 7. The summed E-state index contributed by atoms with van der Waals surface area (Å²) in [6.45, 7) is 6.04. The van der Waals surface area contributed by atoms with Crippen molar-refractivity contribution in [3.05, 3.63) is 64.7 Å². The van der Waals surface area contributed by atoms with Crippen molar-refractivity contribution in [2.45, 2.75) is 37.5 Å². The van der Waals surface area contributed by atoms with Crippen LogP contribution in [0.2, 0.25) is 0 Å². The van der Waals surface area contributed by atoms with E-state index in [1.54, 1.807) is 36.0 Å². The summed E-state index contributed by atoms with van der Waals surface area (Å²) in [4.78, 5) is 12.4. The zero-order valence-electron chi connectivity index (χ0n) is 15.6. The molecule has 0 bridgehead atoms. The summed E-state index contributed by atoms with van der Waals surface area (Å²) in [5, 5.41) is 2.95. The van der Waals surface area contributed by atoms with Gasteiger partial charge in [0.25, 0.3) is 0 Å². The molecule has 2 aromatic rings. The topological polar surface area (TPSA) is 63.2 Å². The minimum atomic E-state index is -3.20. The molecule has 0 radical (unpaired) electrons. The molecule has 1 N–H and O–H groups in total. The minimum Gasteiger partial charge on any atom is -0.349 e. The Bertz CT molecular complexity index is 854. The molecule has 0 saturated heterocycles. The zero-order valence-corrected chi connectivity index (χ0v) is 17.2. The van der Waals surface area contributed by atoms with Crippen LogP contribution in [0.1, 0.15) is 35.2 Å². The van der Waals surface area contributed by atoms with Crippen LogP contribution in [-0.4, -0.2) is 26.3 Å². The number of hydrogen-bond donors (Lipinski definition) is 1. The lowest BCUT2D eigenvalue weighted by Gasteiger charge is -2.15. The van der Waals surface area contributed by atoms with E-state index in [-0.39, 0.29) is 16.8 Å². The van der Waals surface area contributed by atoms with Gasteiger partial charge in [-0.3, -0.25) is 4.79 Å². The lowest BCUT2D eigenvalue weighted by atomic mass is 10.1. The molecule has 140 valence electrons. The summed E-state index contributed by atoms with van der Waals surface area (Å²) in [5.41, 5.74) is 4.57. The van der Waals surface area contributed by atoms with Crippen LogP contribution in [0.15, 0.2) is 47.4 Å². The van der Waals surface area contributed by atoms with Gasteiger partial charge in [-0.1, -0.05) is 41.5 Å². The van der Waals surface area contributed by atoms with Gasteiger partial charge in [0.05, 0.1) is 16.7 Å². The molecular weight excluding hydrogens is 366 g/mol. The Morgan fingerprint density at radius 3 is 2.19 bits per heavy atom. The number of benzene rings is 2. The fourth-order valence-electron chi connectivity index (χ4n) is 2.78. The van der Waals surface area contributed by atoms with E-state index in [9.17, 15) is 13.2 Å². The second-order valence-electron chi connectivity index (χ2n) is 6.62. The van der Waals surface area contributed by atoms with Gasteiger partial charge in [-0.2, -0.15) is 0 Å². The Kier molecular flexibility index (Phi) is 6.89. The molecule has 0 fully saturated rings. The number of thioether (sulfide) groups is 1. The summed E-state index contributed by atoms with van der Waals surface area (Å²) in [5.74, 6) is 1.16.